The first-order chi connectivity index (χ1) is 12.2. The summed E-state index contributed by atoms with van der Waals surface area (Å²) in [7, 11) is -3.67. The van der Waals surface area contributed by atoms with Crippen LogP contribution in [0.15, 0.2) is 58.9 Å². The summed E-state index contributed by atoms with van der Waals surface area (Å²) in [5, 5.41) is 0. The van der Waals surface area contributed by atoms with Gasteiger partial charge in [0.1, 0.15) is 0 Å². The highest BCUT2D eigenvalue weighted by molar-refractivity contribution is 7.94. The van der Waals surface area contributed by atoms with Crippen LogP contribution in [0.3, 0.4) is 0 Å². The van der Waals surface area contributed by atoms with Crippen molar-refractivity contribution in [2.45, 2.75) is 42.5 Å². The molecule has 1 aliphatic carbocycles. The maximum atomic E-state index is 13.5. The zero-order valence-electron chi connectivity index (χ0n) is 13.8. The molecule has 0 amide bonds. The lowest BCUT2D eigenvalue weighted by atomic mass is 9.95. The monoisotopic (exact) mass is 372 g/mol. The number of thiazole rings is 1. The minimum atomic E-state index is -3.67. The van der Waals surface area contributed by atoms with Crippen molar-refractivity contribution in [1.82, 2.24) is 4.98 Å². The molecular weight excluding hydrogens is 352 g/mol. The second kappa shape index (κ2) is 6.77. The summed E-state index contributed by atoms with van der Waals surface area (Å²) >= 11 is 1.25. The fourth-order valence-electron chi connectivity index (χ4n) is 3.48. The van der Waals surface area contributed by atoms with Gasteiger partial charge in [-0.25, -0.2) is 4.98 Å². The van der Waals surface area contributed by atoms with Crippen LogP contribution in [0.2, 0.25) is 0 Å². The summed E-state index contributed by atoms with van der Waals surface area (Å²) in [4.78, 5) is 4.41. The van der Waals surface area contributed by atoms with Crippen LogP contribution in [-0.4, -0.2) is 19.4 Å². The van der Waals surface area contributed by atoms with Crippen molar-refractivity contribution < 1.29 is 8.42 Å². The summed E-state index contributed by atoms with van der Waals surface area (Å²) in [6.07, 6.45) is 5.13. The summed E-state index contributed by atoms with van der Waals surface area (Å²) in [5.41, 5.74) is 1.47. The molecule has 1 saturated carbocycles. The number of hydrogen-bond acceptors (Lipinski definition) is 4. The van der Waals surface area contributed by atoms with Gasteiger partial charge < -0.3 is 0 Å². The quantitative estimate of drug-likeness (QED) is 0.659. The highest BCUT2D eigenvalue weighted by atomic mass is 32.2. The van der Waals surface area contributed by atoms with E-state index in [4.69, 9.17) is 0 Å². The van der Waals surface area contributed by atoms with Crippen molar-refractivity contribution in [3.8, 4) is 0 Å². The van der Waals surface area contributed by atoms with Crippen LogP contribution < -0.4 is 4.31 Å². The average Bonchev–Trinajstić information content (AvgIpc) is 3.09. The van der Waals surface area contributed by atoms with Crippen molar-refractivity contribution in [2.24, 2.45) is 0 Å². The Morgan fingerprint density at radius 3 is 2.32 bits per heavy atom. The molecule has 0 N–H and O–H groups in total. The molecule has 25 heavy (non-hydrogen) atoms. The molecule has 1 aliphatic rings. The van der Waals surface area contributed by atoms with Crippen molar-refractivity contribution in [1.29, 1.82) is 0 Å². The molecule has 0 unspecified atom stereocenters. The Bertz CT molecular complexity index is 928. The Morgan fingerprint density at radius 2 is 1.60 bits per heavy atom. The lowest BCUT2D eigenvalue weighted by molar-refractivity contribution is 0.438. The zero-order valence-corrected chi connectivity index (χ0v) is 15.5. The minimum absolute atomic E-state index is 0.00756. The highest BCUT2D eigenvalue weighted by Crippen LogP contribution is 2.35. The van der Waals surface area contributed by atoms with E-state index in [0.29, 0.717) is 0 Å². The van der Waals surface area contributed by atoms with Gasteiger partial charge in [0.05, 0.1) is 15.9 Å². The summed E-state index contributed by atoms with van der Waals surface area (Å²) in [6, 6.07) is 17.0. The van der Waals surface area contributed by atoms with E-state index in [-0.39, 0.29) is 10.4 Å². The first kappa shape index (κ1) is 16.5. The van der Waals surface area contributed by atoms with E-state index in [1.165, 1.54) is 17.8 Å². The largest absolute Gasteiger partial charge is 0.291 e. The van der Waals surface area contributed by atoms with Gasteiger partial charge in [0.25, 0.3) is 10.0 Å². The van der Waals surface area contributed by atoms with E-state index in [1.807, 2.05) is 54.6 Å². The van der Waals surface area contributed by atoms with Crippen LogP contribution in [0.25, 0.3) is 10.2 Å². The molecule has 6 heteroatoms. The molecule has 4 rings (SSSR count). The number of anilines is 1. The highest BCUT2D eigenvalue weighted by Gasteiger charge is 2.34. The van der Waals surface area contributed by atoms with Gasteiger partial charge in [-0.2, -0.15) is 8.42 Å². The van der Waals surface area contributed by atoms with Crippen molar-refractivity contribution in [2.75, 3.05) is 4.31 Å². The third-order valence-electron chi connectivity index (χ3n) is 4.67. The van der Waals surface area contributed by atoms with Crippen LogP contribution in [-0.2, 0) is 10.0 Å². The van der Waals surface area contributed by atoms with Crippen LogP contribution >= 0.6 is 11.3 Å². The minimum Gasteiger partial charge on any atom is -0.261 e. The van der Waals surface area contributed by atoms with E-state index in [0.717, 1.165) is 41.6 Å². The predicted octanol–water partition coefficient (Wildman–Crippen LogP) is 4.82. The number of fused-ring (bicyclic) bond motifs is 1. The van der Waals surface area contributed by atoms with Crippen LogP contribution in [0.5, 0.6) is 0 Å². The van der Waals surface area contributed by atoms with E-state index in [2.05, 4.69) is 4.98 Å². The normalized spacial score (nSPS) is 16.2. The van der Waals surface area contributed by atoms with Gasteiger partial charge >= 0.3 is 0 Å². The first-order valence-corrected chi connectivity index (χ1v) is 10.9. The summed E-state index contributed by atoms with van der Waals surface area (Å²) in [6.45, 7) is 0. The lowest BCUT2D eigenvalue weighted by Gasteiger charge is -2.34. The fraction of sp³-hybridized carbons (Fsp3) is 0.316. The second-order valence-corrected chi connectivity index (χ2v) is 9.40. The summed E-state index contributed by atoms with van der Waals surface area (Å²) < 4.78 is 29.7. The number of para-hydroxylation sites is 2. The van der Waals surface area contributed by atoms with Crippen LogP contribution in [0, 0.1) is 0 Å². The SMILES string of the molecule is O=S(=O)(c1nc2ccccc2s1)N(c1ccccc1)C1CCCCC1. The molecule has 0 saturated heterocycles. The Kier molecular flexibility index (Phi) is 4.48. The number of hydrogen-bond donors (Lipinski definition) is 0. The molecule has 130 valence electrons. The molecule has 0 bridgehead atoms. The number of nitrogens with zero attached hydrogens (tertiary/aromatic N) is 2. The maximum absolute atomic E-state index is 13.5. The van der Waals surface area contributed by atoms with Crippen molar-refractivity contribution in [3.05, 3.63) is 54.6 Å². The molecule has 0 atom stereocenters. The smallest absolute Gasteiger partial charge is 0.261 e. The average molecular weight is 373 g/mol. The molecule has 2 aromatic carbocycles. The molecule has 1 heterocycles. The molecule has 1 aromatic heterocycles. The number of benzene rings is 2. The second-order valence-electron chi connectivity index (χ2n) is 6.38. The number of sulfonamides is 1. The van der Waals surface area contributed by atoms with E-state index >= 15 is 0 Å². The van der Waals surface area contributed by atoms with Gasteiger partial charge in [-0.15, -0.1) is 11.3 Å². The van der Waals surface area contributed by atoms with Gasteiger partial charge in [-0.05, 0) is 37.1 Å². The Hall–Kier alpha value is -1.92. The first-order valence-electron chi connectivity index (χ1n) is 8.61. The molecule has 3 aromatic rings. The third kappa shape index (κ3) is 3.16. The molecule has 4 nitrogen and oxygen atoms in total. The van der Waals surface area contributed by atoms with Crippen LogP contribution in [0.4, 0.5) is 5.69 Å². The van der Waals surface area contributed by atoms with Gasteiger partial charge in [0, 0.05) is 6.04 Å². The molecular formula is C19H20N2O2S2. The van der Waals surface area contributed by atoms with Gasteiger partial charge in [-0.3, -0.25) is 4.31 Å². The molecule has 1 fully saturated rings. The lowest BCUT2D eigenvalue weighted by Crippen LogP contribution is -2.41. The Labute approximate surface area is 152 Å². The molecule has 0 aliphatic heterocycles. The van der Waals surface area contributed by atoms with Gasteiger partial charge in [0.2, 0.25) is 4.34 Å². The van der Waals surface area contributed by atoms with Crippen molar-refractivity contribution >= 4 is 37.3 Å². The van der Waals surface area contributed by atoms with Crippen LogP contribution in [0.1, 0.15) is 32.1 Å². The van der Waals surface area contributed by atoms with Gasteiger partial charge in [-0.1, -0.05) is 49.6 Å². The van der Waals surface area contributed by atoms with Gasteiger partial charge in [0.15, 0.2) is 0 Å². The van der Waals surface area contributed by atoms with Crippen molar-refractivity contribution in [3.63, 3.8) is 0 Å². The Balaban J connectivity index is 1.81. The number of aromatic nitrogens is 1. The zero-order chi connectivity index (χ0) is 17.3. The predicted molar refractivity (Wildman–Crippen MR) is 103 cm³/mol. The molecule has 0 spiro atoms. The number of rotatable bonds is 4. The maximum Gasteiger partial charge on any atom is 0.291 e. The fourth-order valence-corrected chi connectivity index (χ4v) is 6.49. The Morgan fingerprint density at radius 1 is 0.920 bits per heavy atom. The molecule has 0 radical (unpaired) electrons. The third-order valence-corrected chi connectivity index (χ3v) is 7.94. The topological polar surface area (TPSA) is 50.3 Å². The summed E-state index contributed by atoms with van der Waals surface area (Å²) in [5.74, 6) is 0. The van der Waals surface area contributed by atoms with E-state index < -0.39 is 10.0 Å². The van der Waals surface area contributed by atoms with E-state index in [9.17, 15) is 8.42 Å². The van der Waals surface area contributed by atoms with E-state index in [1.54, 1.807) is 4.31 Å². The standard InChI is InChI=1S/C19H20N2O2S2/c22-25(23,19-20-17-13-7-8-14-18(17)24-19)21(15-9-3-1-4-10-15)16-11-5-2-6-12-16/h1,3-4,7-10,13-14,16H,2,5-6,11-12H2.